The topological polar surface area (TPSA) is 91.6 Å². The van der Waals surface area contributed by atoms with Crippen LogP contribution in [0.25, 0.3) is 0 Å². The van der Waals surface area contributed by atoms with Crippen LogP contribution >= 0.6 is 0 Å². The SMILES string of the molecule is CCOC(=O)Cc1cc(OC(F)(F)F)nc(C(F)F)c1[N+](=O)[O-]. The summed E-state index contributed by atoms with van der Waals surface area (Å²) in [5, 5.41) is 10.9. The van der Waals surface area contributed by atoms with Crippen molar-refractivity contribution < 1.29 is 41.1 Å². The molecule has 0 aliphatic rings. The number of rotatable bonds is 6. The maximum atomic E-state index is 12.8. The van der Waals surface area contributed by atoms with Gasteiger partial charge >= 0.3 is 18.0 Å². The number of pyridine rings is 1. The van der Waals surface area contributed by atoms with E-state index < -0.39 is 52.9 Å². The second-order valence-corrected chi connectivity index (χ2v) is 3.94. The van der Waals surface area contributed by atoms with Crippen molar-refractivity contribution in [3.05, 3.63) is 27.4 Å². The van der Waals surface area contributed by atoms with Gasteiger partial charge in [-0.05, 0) is 6.92 Å². The molecule has 0 aliphatic carbocycles. The average molecular weight is 344 g/mol. The Kier molecular flexibility index (Phi) is 5.76. The zero-order valence-corrected chi connectivity index (χ0v) is 11.4. The molecule has 0 unspecified atom stereocenters. The summed E-state index contributed by atoms with van der Waals surface area (Å²) in [6, 6.07) is 0.397. The van der Waals surface area contributed by atoms with Crippen LogP contribution in [0.15, 0.2) is 6.07 Å². The van der Waals surface area contributed by atoms with Gasteiger partial charge in [-0.1, -0.05) is 0 Å². The van der Waals surface area contributed by atoms with Crippen LogP contribution in [0.4, 0.5) is 27.6 Å². The van der Waals surface area contributed by atoms with E-state index in [1.54, 1.807) is 0 Å². The van der Waals surface area contributed by atoms with Crippen molar-refractivity contribution >= 4 is 11.7 Å². The summed E-state index contributed by atoms with van der Waals surface area (Å²) in [6.07, 6.45) is -9.68. The monoisotopic (exact) mass is 344 g/mol. The highest BCUT2D eigenvalue weighted by Crippen LogP contribution is 2.34. The minimum Gasteiger partial charge on any atom is -0.466 e. The van der Waals surface area contributed by atoms with E-state index in [1.165, 1.54) is 6.92 Å². The lowest BCUT2D eigenvalue weighted by Gasteiger charge is -2.12. The molecule has 128 valence electrons. The molecular formula is C11H9F5N2O5. The molecule has 0 atom stereocenters. The third kappa shape index (κ3) is 5.30. The van der Waals surface area contributed by atoms with Crippen LogP contribution in [0.3, 0.4) is 0 Å². The normalized spacial score (nSPS) is 11.4. The largest absolute Gasteiger partial charge is 0.574 e. The average Bonchev–Trinajstić information content (AvgIpc) is 2.35. The Labute approximate surface area is 125 Å². The summed E-state index contributed by atoms with van der Waals surface area (Å²) >= 11 is 0. The zero-order chi connectivity index (χ0) is 17.8. The van der Waals surface area contributed by atoms with Gasteiger partial charge < -0.3 is 9.47 Å². The van der Waals surface area contributed by atoms with Gasteiger partial charge in [0, 0.05) is 11.6 Å². The summed E-state index contributed by atoms with van der Waals surface area (Å²) in [5.41, 5.74) is -3.52. The van der Waals surface area contributed by atoms with Gasteiger partial charge in [0.25, 0.3) is 6.43 Å². The number of hydrogen-bond acceptors (Lipinski definition) is 6. The van der Waals surface area contributed by atoms with Crippen LogP contribution in [0, 0.1) is 10.1 Å². The fourth-order valence-electron chi connectivity index (χ4n) is 1.62. The van der Waals surface area contributed by atoms with E-state index in [2.05, 4.69) is 14.5 Å². The summed E-state index contributed by atoms with van der Waals surface area (Å²) in [6.45, 7) is 1.31. The molecule has 0 aliphatic heterocycles. The van der Waals surface area contributed by atoms with Crippen molar-refractivity contribution in [1.29, 1.82) is 0 Å². The molecule has 1 rings (SSSR count). The number of aromatic nitrogens is 1. The highest BCUT2D eigenvalue weighted by molar-refractivity contribution is 5.74. The first kappa shape index (κ1) is 18.5. The van der Waals surface area contributed by atoms with Crippen LogP contribution in [-0.2, 0) is 16.0 Å². The van der Waals surface area contributed by atoms with E-state index in [4.69, 9.17) is 0 Å². The number of carbonyl (C=O) groups is 1. The zero-order valence-electron chi connectivity index (χ0n) is 11.4. The van der Waals surface area contributed by atoms with Gasteiger partial charge in [0.1, 0.15) is 0 Å². The van der Waals surface area contributed by atoms with E-state index >= 15 is 0 Å². The third-order valence-corrected chi connectivity index (χ3v) is 2.32. The van der Waals surface area contributed by atoms with E-state index in [0.717, 1.165) is 0 Å². The lowest BCUT2D eigenvalue weighted by atomic mass is 10.1. The van der Waals surface area contributed by atoms with Gasteiger partial charge in [-0.25, -0.2) is 13.8 Å². The second-order valence-electron chi connectivity index (χ2n) is 3.94. The fraction of sp³-hybridized carbons (Fsp3) is 0.455. The molecular weight excluding hydrogens is 335 g/mol. The number of hydrogen-bond donors (Lipinski definition) is 0. The molecule has 1 aromatic heterocycles. The first-order valence-electron chi connectivity index (χ1n) is 5.92. The third-order valence-electron chi connectivity index (χ3n) is 2.32. The molecule has 0 spiro atoms. The van der Waals surface area contributed by atoms with E-state index in [0.29, 0.717) is 6.07 Å². The first-order chi connectivity index (χ1) is 10.5. The number of halogens is 5. The van der Waals surface area contributed by atoms with Crippen LogP contribution in [0.1, 0.15) is 24.6 Å². The van der Waals surface area contributed by atoms with Gasteiger partial charge in [0.15, 0.2) is 5.69 Å². The number of nitrogens with zero attached hydrogens (tertiary/aromatic N) is 2. The highest BCUT2D eigenvalue weighted by atomic mass is 19.4. The summed E-state index contributed by atoms with van der Waals surface area (Å²) in [5.74, 6) is -2.38. The van der Waals surface area contributed by atoms with Gasteiger partial charge in [0.05, 0.1) is 18.0 Å². The van der Waals surface area contributed by atoms with Crippen molar-refractivity contribution in [3.8, 4) is 5.88 Å². The lowest BCUT2D eigenvalue weighted by molar-refractivity contribution is -0.387. The summed E-state index contributed by atoms with van der Waals surface area (Å²) in [7, 11) is 0. The van der Waals surface area contributed by atoms with Gasteiger partial charge in [-0.15, -0.1) is 13.2 Å². The van der Waals surface area contributed by atoms with Gasteiger partial charge in [-0.3, -0.25) is 14.9 Å². The number of nitro groups is 1. The number of carbonyl (C=O) groups excluding carboxylic acids is 1. The van der Waals surface area contributed by atoms with Gasteiger partial charge in [-0.2, -0.15) is 0 Å². The van der Waals surface area contributed by atoms with Gasteiger partial charge in [0.2, 0.25) is 5.88 Å². The Hall–Kier alpha value is -2.53. The molecule has 1 heterocycles. The molecule has 0 saturated heterocycles. The maximum Gasteiger partial charge on any atom is 0.574 e. The number of alkyl halides is 5. The molecule has 12 heteroatoms. The molecule has 0 radical (unpaired) electrons. The molecule has 0 bridgehead atoms. The fourth-order valence-corrected chi connectivity index (χ4v) is 1.62. The van der Waals surface area contributed by atoms with E-state index in [-0.39, 0.29) is 6.61 Å². The Bertz CT molecular complexity index is 605. The molecule has 0 fully saturated rings. The van der Waals surface area contributed by atoms with E-state index in [9.17, 15) is 36.9 Å². The van der Waals surface area contributed by atoms with Crippen molar-refractivity contribution in [1.82, 2.24) is 4.98 Å². The van der Waals surface area contributed by atoms with E-state index in [1.807, 2.05) is 0 Å². The first-order valence-corrected chi connectivity index (χ1v) is 5.92. The Morgan fingerprint density at radius 2 is 2.04 bits per heavy atom. The Balaban J connectivity index is 3.42. The predicted molar refractivity (Wildman–Crippen MR) is 62.9 cm³/mol. The Morgan fingerprint density at radius 1 is 1.43 bits per heavy atom. The van der Waals surface area contributed by atoms with Crippen molar-refractivity contribution in [2.24, 2.45) is 0 Å². The Morgan fingerprint density at radius 3 is 2.48 bits per heavy atom. The molecule has 23 heavy (non-hydrogen) atoms. The molecule has 0 saturated carbocycles. The van der Waals surface area contributed by atoms with Crippen molar-refractivity contribution in [3.63, 3.8) is 0 Å². The predicted octanol–water partition coefficient (Wildman–Crippen LogP) is 2.93. The van der Waals surface area contributed by atoms with Crippen LogP contribution < -0.4 is 4.74 Å². The standard InChI is InChI=1S/C11H9F5N2O5/c1-2-22-7(19)4-5-3-6(23-11(14,15)16)17-8(10(12)13)9(5)18(20)21/h3,10H,2,4H2,1H3. The summed E-state index contributed by atoms with van der Waals surface area (Å²) < 4.78 is 70.1. The number of ether oxygens (including phenoxy) is 2. The summed E-state index contributed by atoms with van der Waals surface area (Å²) in [4.78, 5) is 23.8. The van der Waals surface area contributed by atoms with Crippen LogP contribution in [0.5, 0.6) is 5.88 Å². The lowest BCUT2D eigenvalue weighted by Crippen LogP contribution is -2.19. The molecule has 0 amide bonds. The van der Waals surface area contributed by atoms with Crippen LogP contribution in [-0.4, -0.2) is 28.8 Å². The smallest absolute Gasteiger partial charge is 0.466 e. The molecule has 1 aromatic rings. The second kappa shape index (κ2) is 7.15. The van der Waals surface area contributed by atoms with Crippen molar-refractivity contribution in [2.75, 3.05) is 6.61 Å². The quantitative estimate of drug-likeness (QED) is 0.341. The maximum absolute atomic E-state index is 12.8. The molecule has 0 aromatic carbocycles. The van der Waals surface area contributed by atoms with Crippen LogP contribution in [0.2, 0.25) is 0 Å². The molecule has 0 N–H and O–H groups in total. The highest BCUT2D eigenvalue weighted by Gasteiger charge is 2.35. The molecule has 7 nitrogen and oxygen atoms in total. The minimum absolute atomic E-state index is 0.106. The minimum atomic E-state index is -5.25. The van der Waals surface area contributed by atoms with Crippen molar-refractivity contribution in [2.45, 2.75) is 26.1 Å². The number of esters is 1.